The Labute approximate surface area is 115 Å². The molecule has 1 atom stereocenters. The van der Waals surface area contributed by atoms with Crippen LogP contribution >= 0.6 is 0 Å². The molecule has 0 radical (unpaired) electrons. The van der Waals surface area contributed by atoms with Crippen molar-refractivity contribution in [2.24, 2.45) is 5.73 Å². The number of anilines is 1. The zero-order chi connectivity index (χ0) is 13.7. The fourth-order valence-electron chi connectivity index (χ4n) is 2.67. The number of aryl methyl sites for hydroxylation is 1. The highest BCUT2D eigenvalue weighted by atomic mass is 16.2. The minimum absolute atomic E-state index is 0.0859. The monoisotopic (exact) mass is 260 g/mol. The van der Waals surface area contributed by atoms with Crippen molar-refractivity contribution in [1.29, 1.82) is 0 Å². The second kappa shape index (κ2) is 6.71. The van der Waals surface area contributed by atoms with Crippen LogP contribution in [0.3, 0.4) is 0 Å². The Kier molecular flexibility index (Phi) is 4.97. The lowest BCUT2D eigenvalue weighted by Gasteiger charge is -2.26. The van der Waals surface area contributed by atoms with Gasteiger partial charge in [0.15, 0.2) is 0 Å². The number of benzene rings is 1. The fraction of sp³-hybridized carbons (Fsp3) is 0.562. The topological polar surface area (TPSA) is 46.3 Å². The van der Waals surface area contributed by atoms with E-state index in [0.29, 0.717) is 0 Å². The Morgan fingerprint density at radius 3 is 2.95 bits per heavy atom. The van der Waals surface area contributed by atoms with Crippen LogP contribution in [-0.2, 0) is 11.2 Å². The Hall–Kier alpha value is -1.35. The molecular formula is C16H24N2O. The van der Waals surface area contributed by atoms with Crippen LogP contribution in [-0.4, -0.2) is 18.5 Å². The van der Waals surface area contributed by atoms with Crippen LogP contribution in [0.5, 0.6) is 0 Å². The van der Waals surface area contributed by atoms with Gasteiger partial charge in [-0.15, -0.1) is 0 Å². The van der Waals surface area contributed by atoms with E-state index in [4.69, 9.17) is 5.73 Å². The second-order valence-corrected chi connectivity index (χ2v) is 5.32. The Balaban J connectivity index is 2.17. The largest absolute Gasteiger partial charge is 0.320 e. The number of rotatable bonds is 4. The van der Waals surface area contributed by atoms with Gasteiger partial charge in [0.2, 0.25) is 5.91 Å². The van der Waals surface area contributed by atoms with E-state index < -0.39 is 0 Å². The molecule has 19 heavy (non-hydrogen) atoms. The van der Waals surface area contributed by atoms with Gasteiger partial charge in [-0.2, -0.15) is 0 Å². The SMILES string of the molecule is CCCC[C@H](N)C(=O)N1CCCCc2ccccc21. The summed E-state index contributed by atoms with van der Waals surface area (Å²) in [5.74, 6) is 0.0859. The first-order chi connectivity index (χ1) is 9.24. The molecule has 1 aliphatic heterocycles. The smallest absolute Gasteiger partial charge is 0.243 e. The van der Waals surface area contributed by atoms with Crippen molar-refractivity contribution < 1.29 is 4.79 Å². The third kappa shape index (κ3) is 3.35. The Morgan fingerprint density at radius 1 is 1.37 bits per heavy atom. The fourth-order valence-corrected chi connectivity index (χ4v) is 2.67. The number of amides is 1. The average Bonchev–Trinajstić information content (AvgIpc) is 2.66. The van der Waals surface area contributed by atoms with Gasteiger partial charge in [0.1, 0.15) is 0 Å². The molecule has 3 nitrogen and oxygen atoms in total. The summed E-state index contributed by atoms with van der Waals surface area (Å²) in [5.41, 5.74) is 8.39. The highest BCUT2D eigenvalue weighted by molar-refractivity contribution is 5.97. The summed E-state index contributed by atoms with van der Waals surface area (Å²) in [6.45, 7) is 2.92. The number of carbonyl (C=O) groups excluding carboxylic acids is 1. The molecule has 1 heterocycles. The van der Waals surface area contributed by atoms with Crippen molar-refractivity contribution in [2.75, 3.05) is 11.4 Å². The van der Waals surface area contributed by atoms with E-state index in [1.54, 1.807) is 0 Å². The summed E-state index contributed by atoms with van der Waals surface area (Å²) in [6, 6.07) is 7.86. The molecule has 0 saturated heterocycles. The van der Waals surface area contributed by atoms with Crippen molar-refractivity contribution in [1.82, 2.24) is 0 Å². The van der Waals surface area contributed by atoms with Crippen molar-refractivity contribution in [3.63, 3.8) is 0 Å². The van der Waals surface area contributed by atoms with Gasteiger partial charge in [0.25, 0.3) is 0 Å². The van der Waals surface area contributed by atoms with Gasteiger partial charge in [-0.1, -0.05) is 38.0 Å². The molecule has 1 aromatic carbocycles. The predicted molar refractivity (Wildman–Crippen MR) is 79.2 cm³/mol. The summed E-state index contributed by atoms with van der Waals surface area (Å²) in [6.07, 6.45) is 6.14. The van der Waals surface area contributed by atoms with Crippen LogP contribution in [0.2, 0.25) is 0 Å². The molecule has 3 heteroatoms. The van der Waals surface area contributed by atoms with Crippen LogP contribution in [0.1, 0.15) is 44.6 Å². The molecule has 0 saturated carbocycles. The molecule has 0 aromatic heterocycles. The molecular weight excluding hydrogens is 236 g/mol. The highest BCUT2D eigenvalue weighted by Gasteiger charge is 2.24. The van der Waals surface area contributed by atoms with E-state index in [-0.39, 0.29) is 11.9 Å². The predicted octanol–water partition coefficient (Wildman–Crippen LogP) is 2.87. The number of fused-ring (bicyclic) bond motifs is 1. The number of unbranched alkanes of at least 4 members (excludes halogenated alkanes) is 1. The van der Waals surface area contributed by atoms with Gasteiger partial charge in [-0.25, -0.2) is 0 Å². The summed E-state index contributed by atoms with van der Waals surface area (Å²) in [5, 5.41) is 0. The maximum absolute atomic E-state index is 12.5. The van der Waals surface area contributed by atoms with Gasteiger partial charge in [-0.3, -0.25) is 4.79 Å². The molecule has 0 unspecified atom stereocenters. The minimum Gasteiger partial charge on any atom is -0.320 e. The van der Waals surface area contributed by atoms with Gasteiger partial charge in [-0.05, 0) is 37.3 Å². The van der Waals surface area contributed by atoms with E-state index in [1.165, 1.54) is 5.56 Å². The molecule has 104 valence electrons. The van der Waals surface area contributed by atoms with Crippen molar-refractivity contribution in [2.45, 2.75) is 51.5 Å². The van der Waals surface area contributed by atoms with Crippen LogP contribution in [0.4, 0.5) is 5.69 Å². The first-order valence-electron chi connectivity index (χ1n) is 7.39. The molecule has 1 aliphatic rings. The van der Waals surface area contributed by atoms with Crippen LogP contribution in [0.15, 0.2) is 24.3 Å². The van der Waals surface area contributed by atoms with E-state index >= 15 is 0 Å². The van der Waals surface area contributed by atoms with Crippen molar-refractivity contribution >= 4 is 11.6 Å². The second-order valence-electron chi connectivity index (χ2n) is 5.32. The number of hydrogen-bond donors (Lipinski definition) is 1. The highest BCUT2D eigenvalue weighted by Crippen LogP contribution is 2.26. The first-order valence-corrected chi connectivity index (χ1v) is 7.39. The lowest BCUT2D eigenvalue weighted by atomic mass is 10.1. The van der Waals surface area contributed by atoms with Crippen LogP contribution < -0.4 is 10.6 Å². The molecule has 0 bridgehead atoms. The van der Waals surface area contributed by atoms with E-state index in [9.17, 15) is 4.79 Å². The van der Waals surface area contributed by atoms with Crippen LogP contribution in [0, 0.1) is 0 Å². The van der Waals surface area contributed by atoms with Crippen molar-refractivity contribution in [3.05, 3.63) is 29.8 Å². The van der Waals surface area contributed by atoms with Gasteiger partial charge < -0.3 is 10.6 Å². The molecule has 1 aromatic rings. The average molecular weight is 260 g/mol. The Morgan fingerprint density at radius 2 is 2.16 bits per heavy atom. The number of nitrogens with zero attached hydrogens (tertiary/aromatic N) is 1. The molecule has 0 spiro atoms. The maximum Gasteiger partial charge on any atom is 0.243 e. The minimum atomic E-state index is -0.355. The lowest BCUT2D eigenvalue weighted by molar-refractivity contribution is -0.120. The number of nitrogens with two attached hydrogens (primary N) is 1. The molecule has 2 N–H and O–H groups in total. The molecule has 1 amide bonds. The number of carbonyl (C=O) groups is 1. The number of hydrogen-bond acceptors (Lipinski definition) is 2. The lowest BCUT2D eigenvalue weighted by Crippen LogP contribution is -2.44. The third-order valence-electron chi connectivity index (χ3n) is 3.81. The van der Waals surface area contributed by atoms with Gasteiger partial charge in [0.05, 0.1) is 6.04 Å². The summed E-state index contributed by atoms with van der Waals surface area (Å²) in [4.78, 5) is 14.4. The van der Waals surface area contributed by atoms with Crippen LogP contribution in [0.25, 0.3) is 0 Å². The quantitative estimate of drug-likeness (QED) is 0.904. The first kappa shape index (κ1) is 14.1. The zero-order valence-corrected chi connectivity index (χ0v) is 11.8. The normalized spacial score (nSPS) is 16.6. The van der Waals surface area contributed by atoms with Crippen molar-refractivity contribution in [3.8, 4) is 0 Å². The van der Waals surface area contributed by atoms with Gasteiger partial charge >= 0.3 is 0 Å². The molecule has 2 rings (SSSR count). The van der Waals surface area contributed by atoms with Gasteiger partial charge in [0, 0.05) is 12.2 Å². The summed E-state index contributed by atoms with van der Waals surface area (Å²) >= 11 is 0. The third-order valence-corrected chi connectivity index (χ3v) is 3.81. The zero-order valence-electron chi connectivity index (χ0n) is 11.8. The summed E-state index contributed by atoms with van der Waals surface area (Å²) < 4.78 is 0. The van der Waals surface area contributed by atoms with E-state index in [2.05, 4.69) is 13.0 Å². The standard InChI is InChI=1S/C16H24N2O/c1-2-3-10-14(17)16(19)18-12-7-6-9-13-8-4-5-11-15(13)18/h4-5,8,11,14H,2-3,6-7,9-10,12,17H2,1H3/t14-/m0/s1. The summed E-state index contributed by atoms with van der Waals surface area (Å²) in [7, 11) is 0. The number of para-hydroxylation sites is 1. The van der Waals surface area contributed by atoms with E-state index in [0.717, 1.165) is 50.8 Å². The molecule has 0 fully saturated rings. The molecule has 0 aliphatic carbocycles. The maximum atomic E-state index is 12.5. The Bertz CT molecular complexity index is 431. The van der Waals surface area contributed by atoms with E-state index in [1.807, 2.05) is 23.1 Å².